The summed E-state index contributed by atoms with van der Waals surface area (Å²) in [6, 6.07) is 16.7. The quantitative estimate of drug-likeness (QED) is 0.299. The minimum atomic E-state index is -0.484. The highest BCUT2D eigenvalue weighted by atomic mass is 32.1. The molecule has 8 nitrogen and oxygen atoms in total. The van der Waals surface area contributed by atoms with Crippen LogP contribution in [0.1, 0.15) is 30.8 Å². The fourth-order valence-corrected chi connectivity index (χ4v) is 4.23. The first-order valence-corrected chi connectivity index (χ1v) is 11.6. The number of benzene rings is 1. The molecule has 9 heteroatoms. The predicted octanol–water partition coefficient (Wildman–Crippen LogP) is 4.50. The van der Waals surface area contributed by atoms with Crippen LogP contribution in [0.25, 0.3) is 10.2 Å². The SMILES string of the molecule is CCN(CC)Cc1ccc2nc(NC(=O)NN=C(c3ccccn3)c3ccccn3)sc2c1. The molecular weight excluding hydrogens is 434 g/mol. The molecule has 0 unspecified atom stereocenters. The van der Waals surface area contributed by atoms with Gasteiger partial charge in [-0.15, -0.1) is 0 Å². The minimum Gasteiger partial charge on any atom is -0.300 e. The number of amides is 2. The lowest BCUT2D eigenvalue weighted by Gasteiger charge is -2.17. The Balaban J connectivity index is 1.48. The van der Waals surface area contributed by atoms with Crippen LogP contribution < -0.4 is 10.7 Å². The monoisotopic (exact) mass is 459 g/mol. The van der Waals surface area contributed by atoms with Crippen LogP contribution >= 0.6 is 11.3 Å². The van der Waals surface area contributed by atoms with Gasteiger partial charge >= 0.3 is 6.03 Å². The molecule has 0 bridgehead atoms. The zero-order valence-corrected chi connectivity index (χ0v) is 19.3. The first kappa shape index (κ1) is 22.5. The van der Waals surface area contributed by atoms with Gasteiger partial charge in [-0.25, -0.2) is 15.2 Å². The van der Waals surface area contributed by atoms with E-state index in [0.29, 0.717) is 22.2 Å². The van der Waals surface area contributed by atoms with Gasteiger partial charge in [0.2, 0.25) is 0 Å². The summed E-state index contributed by atoms with van der Waals surface area (Å²) in [5.74, 6) is 0. The number of thiazole rings is 1. The highest BCUT2D eigenvalue weighted by Gasteiger charge is 2.12. The number of rotatable bonds is 8. The Bertz CT molecular complexity index is 1200. The maximum atomic E-state index is 12.5. The standard InChI is InChI=1S/C24H25N7OS/c1-3-31(4-2)16-17-11-12-18-21(15-17)33-24(27-18)28-23(32)30-29-22(19-9-5-7-13-25-19)20-10-6-8-14-26-20/h5-15H,3-4,16H2,1-2H3,(H2,27,28,30,32). The van der Waals surface area contributed by atoms with E-state index in [9.17, 15) is 4.79 Å². The highest BCUT2D eigenvalue weighted by molar-refractivity contribution is 7.22. The molecule has 0 saturated heterocycles. The average molecular weight is 460 g/mol. The number of hydrazone groups is 1. The normalized spacial score (nSPS) is 10.9. The van der Waals surface area contributed by atoms with Crippen molar-refractivity contribution >= 4 is 38.4 Å². The second-order valence-corrected chi connectivity index (χ2v) is 8.27. The van der Waals surface area contributed by atoms with Gasteiger partial charge in [0.05, 0.1) is 21.6 Å². The van der Waals surface area contributed by atoms with Crippen LogP contribution in [-0.2, 0) is 6.54 Å². The number of pyridine rings is 2. The van der Waals surface area contributed by atoms with Crippen LogP contribution in [0.5, 0.6) is 0 Å². The van der Waals surface area contributed by atoms with Crippen LogP contribution in [-0.4, -0.2) is 44.7 Å². The summed E-state index contributed by atoms with van der Waals surface area (Å²) in [6.45, 7) is 7.21. The molecule has 4 aromatic rings. The third kappa shape index (κ3) is 5.76. The predicted molar refractivity (Wildman–Crippen MR) is 133 cm³/mol. The van der Waals surface area contributed by atoms with Crippen molar-refractivity contribution in [3.8, 4) is 0 Å². The van der Waals surface area contributed by atoms with Crippen molar-refractivity contribution in [1.29, 1.82) is 0 Å². The molecule has 0 aliphatic heterocycles. The zero-order valence-electron chi connectivity index (χ0n) is 18.5. The van der Waals surface area contributed by atoms with E-state index >= 15 is 0 Å². The summed E-state index contributed by atoms with van der Waals surface area (Å²) in [6.07, 6.45) is 3.34. The molecular formula is C24H25N7OS. The number of carbonyl (C=O) groups is 1. The molecule has 0 saturated carbocycles. The molecule has 0 aliphatic carbocycles. The number of aromatic nitrogens is 3. The van der Waals surface area contributed by atoms with Crippen LogP contribution in [0.4, 0.5) is 9.93 Å². The molecule has 0 atom stereocenters. The van der Waals surface area contributed by atoms with E-state index in [1.807, 2.05) is 42.5 Å². The Morgan fingerprint density at radius 1 is 1.00 bits per heavy atom. The molecule has 0 radical (unpaired) electrons. The van der Waals surface area contributed by atoms with E-state index in [4.69, 9.17) is 0 Å². The van der Waals surface area contributed by atoms with Crippen molar-refractivity contribution in [2.24, 2.45) is 5.10 Å². The molecule has 3 heterocycles. The van der Waals surface area contributed by atoms with Gasteiger partial charge in [0, 0.05) is 18.9 Å². The van der Waals surface area contributed by atoms with Gasteiger partial charge in [0.1, 0.15) is 5.71 Å². The first-order chi connectivity index (χ1) is 16.2. The number of hydrogen-bond acceptors (Lipinski definition) is 7. The van der Waals surface area contributed by atoms with Crippen LogP contribution in [0.2, 0.25) is 0 Å². The summed E-state index contributed by atoms with van der Waals surface area (Å²) in [5.41, 5.74) is 6.31. The lowest BCUT2D eigenvalue weighted by Crippen LogP contribution is -2.26. The van der Waals surface area contributed by atoms with Crippen molar-refractivity contribution in [3.05, 3.63) is 83.9 Å². The summed E-state index contributed by atoms with van der Waals surface area (Å²) >= 11 is 1.43. The van der Waals surface area contributed by atoms with E-state index < -0.39 is 6.03 Å². The Morgan fingerprint density at radius 3 is 2.30 bits per heavy atom. The number of nitrogens with one attached hydrogen (secondary N) is 2. The second kappa shape index (κ2) is 10.8. The van der Waals surface area contributed by atoms with Gasteiger partial charge in [-0.2, -0.15) is 5.10 Å². The molecule has 4 rings (SSSR count). The summed E-state index contributed by atoms with van der Waals surface area (Å²) in [7, 11) is 0. The lowest BCUT2D eigenvalue weighted by atomic mass is 10.1. The van der Waals surface area contributed by atoms with Crippen molar-refractivity contribution in [2.45, 2.75) is 20.4 Å². The molecule has 0 spiro atoms. The van der Waals surface area contributed by atoms with Gasteiger partial charge in [0.25, 0.3) is 0 Å². The lowest BCUT2D eigenvalue weighted by molar-refractivity contribution is 0.252. The Labute approximate surface area is 196 Å². The molecule has 33 heavy (non-hydrogen) atoms. The fourth-order valence-electron chi connectivity index (χ4n) is 3.31. The molecule has 2 N–H and O–H groups in total. The average Bonchev–Trinajstić information content (AvgIpc) is 3.25. The molecule has 0 fully saturated rings. The van der Waals surface area contributed by atoms with Crippen LogP contribution in [0, 0.1) is 0 Å². The highest BCUT2D eigenvalue weighted by Crippen LogP contribution is 2.27. The topological polar surface area (TPSA) is 95.4 Å². The first-order valence-electron chi connectivity index (χ1n) is 10.8. The second-order valence-electron chi connectivity index (χ2n) is 7.24. The zero-order chi connectivity index (χ0) is 23.0. The van der Waals surface area contributed by atoms with Gasteiger partial charge in [-0.1, -0.05) is 43.4 Å². The van der Waals surface area contributed by atoms with E-state index in [1.54, 1.807) is 12.4 Å². The van der Waals surface area contributed by atoms with Gasteiger partial charge in [-0.05, 0) is 55.1 Å². The Morgan fingerprint density at radius 2 is 1.70 bits per heavy atom. The van der Waals surface area contributed by atoms with Gasteiger partial charge in [-0.3, -0.25) is 20.2 Å². The molecule has 0 aliphatic rings. The summed E-state index contributed by atoms with van der Waals surface area (Å²) in [4.78, 5) is 28.1. The van der Waals surface area contributed by atoms with Crippen molar-refractivity contribution < 1.29 is 4.79 Å². The smallest absolute Gasteiger partial charge is 0.300 e. The number of urea groups is 1. The van der Waals surface area contributed by atoms with Crippen molar-refractivity contribution in [2.75, 3.05) is 18.4 Å². The Kier molecular flexibility index (Phi) is 7.33. The van der Waals surface area contributed by atoms with E-state index in [2.05, 4.69) is 61.7 Å². The molecule has 3 aromatic heterocycles. The Hall–Kier alpha value is -3.69. The fraction of sp³-hybridized carbons (Fsp3) is 0.208. The van der Waals surface area contributed by atoms with Crippen molar-refractivity contribution in [3.63, 3.8) is 0 Å². The number of anilines is 1. The number of nitrogens with zero attached hydrogens (tertiary/aromatic N) is 5. The van der Waals surface area contributed by atoms with Crippen LogP contribution in [0.3, 0.4) is 0 Å². The maximum Gasteiger partial charge on any atom is 0.341 e. The number of fused-ring (bicyclic) bond motifs is 1. The number of hydrogen-bond donors (Lipinski definition) is 2. The third-order valence-electron chi connectivity index (χ3n) is 5.06. The molecule has 2 amide bonds. The van der Waals surface area contributed by atoms with Gasteiger partial charge < -0.3 is 0 Å². The van der Waals surface area contributed by atoms with Crippen LogP contribution in [0.15, 0.2) is 72.1 Å². The molecule has 168 valence electrons. The third-order valence-corrected chi connectivity index (χ3v) is 5.99. The maximum absolute atomic E-state index is 12.5. The summed E-state index contributed by atoms with van der Waals surface area (Å²) in [5, 5.41) is 7.56. The van der Waals surface area contributed by atoms with E-state index in [1.165, 1.54) is 16.9 Å². The van der Waals surface area contributed by atoms with Gasteiger partial charge in [0.15, 0.2) is 5.13 Å². The van der Waals surface area contributed by atoms with Crippen molar-refractivity contribution in [1.82, 2.24) is 25.3 Å². The molecule has 1 aromatic carbocycles. The minimum absolute atomic E-state index is 0.469. The van der Waals surface area contributed by atoms with E-state index in [0.717, 1.165) is 29.9 Å². The largest absolute Gasteiger partial charge is 0.341 e. The summed E-state index contributed by atoms with van der Waals surface area (Å²) < 4.78 is 1.03. The number of carbonyl (C=O) groups excluding carboxylic acids is 1. The van der Waals surface area contributed by atoms with E-state index in [-0.39, 0.29) is 0 Å².